The van der Waals surface area contributed by atoms with E-state index in [9.17, 15) is 0 Å². The van der Waals surface area contributed by atoms with Crippen molar-refractivity contribution in [3.63, 3.8) is 0 Å². The maximum atomic E-state index is 3.81. The second-order valence-electron chi connectivity index (χ2n) is 8.49. The minimum absolute atomic E-state index is 0.759. The summed E-state index contributed by atoms with van der Waals surface area (Å²) in [5.74, 6) is 4.75. The highest BCUT2D eigenvalue weighted by Crippen LogP contribution is 2.37. The van der Waals surface area contributed by atoms with E-state index in [1.165, 1.54) is 58.2 Å². The zero-order valence-electron chi connectivity index (χ0n) is 14.5. The minimum atomic E-state index is 0.759. The molecule has 0 aliphatic heterocycles. The second kappa shape index (κ2) is 7.00. The first-order valence-corrected chi connectivity index (χ1v) is 9.61. The van der Waals surface area contributed by atoms with Crippen LogP contribution >= 0.6 is 0 Å². The third kappa shape index (κ3) is 4.69. The number of hydrogen-bond acceptors (Lipinski definition) is 2. The molecular weight excluding hydrogens is 256 g/mol. The summed E-state index contributed by atoms with van der Waals surface area (Å²) in [6.45, 7) is 12.5. The largest absolute Gasteiger partial charge is 0.314 e. The second-order valence-corrected chi connectivity index (χ2v) is 8.49. The van der Waals surface area contributed by atoms with Gasteiger partial charge in [-0.05, 0) is 74.7 Å². The van der Waals surface area contributed by atoms with Gasteiger partial charge >= 0.3 is 0 Å². The molecule has 0 aromatic heterocycles. The molecule has 122 valence electrons. The Morgan fingerprint density at radius 2 is 1.52 bits per heavy atom. The number of nitrogens with one attached hydrogen (secondary N) is 1. The summed E-state index contributed by atoms with van der Waals surface area (Å²) >= 11 is 0. The van der Waals surface area contributed by atoms with Crippen LogP contribution in [0.1, 0.15) is 59.3 Å². The monoisotopic (exact) mass is 292 g/mol. The summed E-state index contributed by atoms with van der Waals surface area (Å²) in [4.78, 5) is 2.86. The lowest BCUT2D eigenvalue weighted by molar-refractivity contribution is 0.0970. The molecule has 1 N–H and O–H groups in total. The van der Waals surface area contributed by atoms with Gasteiger partial charge in [-0.1, -0.05) is 20.8 Å². The van der Waals surface area contributed by atoms with E-state index < -0.39 is 0 Å². The van der Waals surface area contributed by atoms with Crippen LogP contribution in [0.5, 0.6) is 0 Å². The van der Waals surface area contributed by atoms with Gasteiger partial charge in [0, 0.05) is 25.7 Å². The smallest absolute Gasteiger partial charge is 0.0112 e. The lowest BCUT2D eigenvalue weighted by atomic mass is 9.72. The van der Waals surface area contributed by atoms with Crippen LogP contribution in [-0.4, -0.2) is 37.1 Å². The van der Waals surface area contributed by atoms with Crippen LogP contribution in [0.4, 0.5) is 0 Å². The Hall–Kier alpha value is -0.0800. The van der Waals surface area contributed by atoms with Crippen molar-refractivity contribution in [2.45, 2.75) is 65.3 Å². The Kier molecular flexibility index (Phi) is 5.27. The maximum Gasteiger partial charge on any atom is 0.0112 e. The standard InChI is InChI=1S/C19H36N2/c1-4-20-19-10-14(2)9-15(3)18(19)13-21(11-16-5-6-16)12-17-7-8-17/h14-20H,4-13H2,1-3H3. The third-order valence-electron chi connectivity index (χ3n) is 6.04. The zero-order valence-corrected chi connectivity index (χ0v) is 14.5. The molecular formula is C19H36N2. The Morgan fingerprint density at radius 3 is 2.05 bits per heavy atom. The molecule has 0 saturated heterocycles. The average Bonchev–Trinajstić information content (AvgIpc) is 3.29. The van der Waals surface area contributed by atoms with E-state index in [1.807, 2.05) is 0 Å². The van der Waals surface area contributed by atoms with Crippen LogP contribution in [0, 0.1) is 29.6 Å². The normalized spacial score (nSPS) is 37.1. The van der Waals surface area contributed by atoms with Crippen LogP contribution in [0.25, 0.3) is 0 Å². The Morgan fingerprint density at radius 1 is 0.905 bits per heavy atom. The van der Waals surface area contributed by atoms with Gasteiger partial charge in [-0.2, -0.15) is 0 Å². The van der Waals surface area contributed by atoms with Crippen molar-refractivity contribution in [2.75, 3.05) is 26.2 Å². The van der Waals surface area contributed by atoms with Crippen molar-refractivity contribution in [3.05, 3.63) is 0 Å². The quantitative estimate of drug-likeness (QED) is 0.732. The van der Waals surface area contributed by atoms with Gasteiger partial charge in [0.15, 0.2) is 0 Å². The summed E-state index contributed by atoms with van der Waals surface area (Å²) in [7, 11) is 0. The summed E-state index contributed by atoms with van der Waals surface area (Å²) in [6, 6.07) is 0.759. The SMILES string of the molecule is CCNC1CC(C)CC(C)C1CN(CC1CC1)CC1CC1. The molecule has 3 aliphatic carbocycles. The Bertz CT molecular complexity index is 308. The van der Waals surface area contributed by atoms with E-state index in [0.717, 1.165) is 42.2 Å². The van der Waals surface area contributed by atoms with Gasteiger partial charge in [-0.3, -0.25) is 0 Å². The van der Waals surface area contributed by atoms with Gasteiger partial charge in [-0.25, -0.2) is 0 Å². The van der Waals surface area contributed by atoms with E-state index in [4.69, 9.17) is 0 Å². The van der Waals surface area contributed by atoms with Gasteiger partial charge in [0.05, 0.1) is 0 Å². The van der Waals surface area contributed by atoms with E-state index >= 15 is 0 Å². The molecule has 2 nitrogen and oxygen atoms in total. The van der Waals surface area contributed by atoms with E-state index in [-0.39, 0.29) is 0 Å². The molecule has 0 spiro atoms. The van der Waals surface area contributed by atoms with Gasteiger partial charge in [-0.15, -0.1) is 0 Å². The van der Waals surface area contributed by atoms with Crippen molar-refractivity contribution in [2.24, 2.45) is 29.6 Å². The number of rotatable bonds is 8. The van der Waals surface area contributed by atoms with E-state index in [0.29, 0.717) is 0 Å². The topological polar surface area (TPSA) is 15.3 Å². The molecule has 0 aromatic carbocycles. The molecule has 21 heavy (non-hydrogen) atoms. The van der Waals surface area contributed by atoms with Crippen LogP contribution in [0.15, 0.2) is 0 Å². The van der Waals surface area contributed by atoms with Crippen molar-refractivity contribution < 1.29 is 0 Å². The Labute approximate surface area is 132 Å². The van der Waals surface area contributed by atoms with Gasteiger partial charge in [0.2, 0.25) is 0 Å². The molecule has 0 heterocycles. The first kappa shape index (κ1) is 15.8. The molecule has 3 fully saturated rings. The fraction of sp³-hybridized carbons (Fsp3) is 1.00. The summed E-state index contributed by atoms with van der Waals surface area (Å²) in [5, 5.41) is 3.81. The first-order valence-electron chi connectivity index (χ1n) is 9.61. The van der Waals surface area contributed by atoms with E-state index in [2.05, 4.69) is 31.0 Å². The van der Waals surface area contributed by atoms with Crippen LogP contribution in [-0.2, 0) is 0 Å². The molecule has 4 unspecified atom stereocenters. The number of nitrogens with zero attached hydrogens (tertiary/aromatic N) is 1. The van der Waals surface area contributed by atoms with Crippen molar-refractivity contribution in [1.82, 2.24) is 10.2 Å². The van der Waals surface area contributed by atoms with Gasteiger partial charge < -0.3 is 10.2 Å². The van der Waals surface area contributed by atoms with E-state index in [1.54, 1.807) is 0 Å². The van der Waals surface area contributed by atoms with Gasteiger partial charge in [0.1, 0.15) is 0 Å². The zero-order chi connectivity index (χ0) is 14.8. The van der Waals surface area contributed by atoms with Crippen molar-refractivity contribution in [1.29, 1.82) is 0 Å². The fourth-order valence-corrected chi connectivity index (χ4v) is 4.57. The maximum absolute atomic E-state index is 3.81. The summed E-state index contributed by atoms with van der Waals surface area (Å²) < 4.78 is 0. The lowest BCUT2D eigenvalue weighted by Crippen LogP contribution is -2.49. The summed E-state index contributed by atoms with van der Waals surface area (Å²) in [5.41, 5.74) is 0. The minimum Gasteiger partial charge on any atom is -0.314 e. The highest BCUT2D eigenvalue weighted by atomic mass is 15.1. The van der Waals surface area contributed by atoms with Crippen LogP contribution < -0.4 is 5.32 Å². The molecule has 3 saturated carbocycles. The lowest BCUT2D eigenvalue weighted by Gasteiger charge is -2.42. The Balaban J connectivity index is 1.59. The van der Waals surface area contributed by atoms with Crippen LogP contribution in [0.3, 0.4) is 0 Å². The molecule has 3 aliphatic rings. The molecule has 0 radical (unpaired) electrons. The first-order chi connectivity index (χ1) is 10.2. The third-order valence-corrected chi connectivity index (χ3v) is 6.04. The highest BCUT2D eigenvalue weighted by molar-refractivity contribution is 4.91. The molecule has 0 amide bonds. The average molecular weight is 293 g/mol. The van der Waals surface area contributed by atoms with Crippen LogP contribution in [0.2, 0.25) is 0 Å². The molecule has 0 bridgehead atoms. The molecule has 2 heteroatoms. The van der Waals surface area contributed by atoms with Crippen molar-refractivity contribution in [3.8, 4) is 0 Å². The predicted octanol–water partition coefficient (Wildman–Crippen LogP) is 3.77. The van der Waals surface area contributed by atoms with Crippen molar-refractivity contribution >= 4 is 0 Å². The molecule has 3 rings (SSSR count). The number of hydrogen-bond donors (Lipinski definition) is 1. The fourth-order valence-electron chi connectivity index (χ4n) is 4.57. The molecule has 0 aromatic rings. The predicted molar refractivity (Wildman–Crippen MR) is 90.4 cm³/mol. The molecule has 4 atom stereocenters. The summed E-state index contributed by atoms with van der Waals surface area (Å²) in [6.07, 6.45) is 8.81. The highest BCUT2D eigenvalue weighted by Gasteiger charge is 2.36. The van der Waals surface area contributed by atoms with Gasteiger partial charge in [0.25, 0.3) is 0 Å².